The van der Waals surface area contributed by atoms with Crippen LogP contribution < -0.4 is 0 Å². The number of hydrogen-bond acceptors (Lipinski definition) is 4. The maximum Gasteiger partial charge on any atom is 0.269 e. The third-order valence-electron chi connectivity index (χ3n) is 6.49. The van der Waals surface area contributed by atoms with Crippen LogP contribution in [-0.4, -0.2) is 29.1 Å². The van der Waals surface area contributed by atoms with E-state index in [0.29, 0.717) is 28.6 Å². The Morgan fingerprint density at radius 1 is 0.914 bits per heavy atom. The number of para-hydroxylation sites is 1. The summed E-state index contributed by atoms with van der Waals surface area (Å²) in [6.45, 7) is 2.55. The number of halogens is 1. The highest BCUT2D eigenvalue weighted by Crippen LogP contribution is 2.34. The van der Waals surface area contributed by atoms with Crippen molar-refractivity contribution in [1.82, 2.24) is 8.87 Å². The second-order valence-electron chi connectivity index (χ2n) is 8.82. The van der Waals surface area contributed by atoms with Crippen LogP contribution in [0, 0.1) is 3.70 Å². The van der Waals surface area contributed by atoms with Gasteiger partial charge < -0.3 is 4.90 Å². The molecule has 0 N–H and O–H groups in total. The molecule has 0 bridgehead atoms. The molecule has 0 saturated carbocycles. The maximum absolute atomic E-state index is 13.7. The first-order valence-electron chi connectivity index (χ1n) is 11.5. The monoisotopic (exact) mass is 596 g/mol. The zero-order valence-corrected chi connectivity index (χ0v) is 22.2. The first-order valence-corrected chi connectivity index (χ1v) is 14.0. The van der Waals surface area contributed by atoms with Crippen molar-refractivity contribution in [2.24, 2.45) is 0 Å². The van der Waals surface area contributed by atoms with Crippen LogP contribution in [0.2, 0.25) is 0 Å². The second kappa shape index (κ2) is 9.62. The number of nitrogens with zero attached hydrogens (tertiary/aromatic N) is 2. The molecule has 1 aliphatic rings. The Labute approximate surface area is 219 Å². The molecule has 35 heavy (non-hydrogen) atoms. The average Bonchev–Trinajstić information content (AvgIpc) is 3.15. The van der Waals surface area contributed by atoms with E-state index in [1.807, 2.05) is 55.6 Å². The van der Waals surface area contributed by atoms with Gasteiger partial charge >= 0.3 is 0 Å². The van der Waals surface area contributed by atoms with Crippen molar-refractivity contribution < 1.29 is 13.2 Å². The molecule has 0 spiro atoms. The van der Waals surface area contributed by atoms with Gasteiger partial charge in [0.2, 0.25) is 0 Å². The van der Waals surface area contributed by atoms with Gasteiger partial charge in [-0.15, -0.1) is 0 Å². The topological polar surface area (TPSA) is 59.4 Å². The minimum atomic E-state index is -3.78. The molecule has 5 rings (SSSR count). The molecule has 1 unspecified atom stereocenters. The highest BCUT2D eigenvalue weighted by Gasteiger charge is 2.31. The SMILES string of the molecule is CC1=CN(Cc2ccccc2)C(Cc2c(I)n(S(=O)(=O)c3ccccc3)c3ccccc23)CC1=O. The Balaban J connectivity index is 1.59. The summed E-state index contributed by atoms with van der Waals surface area (Å²) in [5, 5.41) is 0.898. The third kappa shape index (κ3) is 4.54. The van der Waals surface area contributed by atoms with Gasteiger partial charge in [0.25, 0.3) is 10.0 Å². The van der Waals surface area contributed by atoms with E-state index in [0.717, 1.165) is 16.5 Å². The van der Waals surface area contributed by atoms with E-state index in [-0.39, 0.29) is 16.7 Å². The molecule has 0 radical (unpaired) electrons. The van der Waals surface area contributed by atoms with Gasteiger partial charge in [0, 0.05) is 36.2 Å². The quantitative estimate of drug-likeness (QED) is 0.265. The summed E-state index contributed by atoms with van der Waals surface area (Å²) in [4.78, 5) is 15.2. The molecular formula is C28H25IN2O3S. The lowest BCUT2D eigenvalue weighted by Crippen LogP contribution is -2.38. The highest BCUT2D eigenvalue weighted by molar-refractivity contribution is 14.1. The summed E-state index contributed by atoms with van der Waals surface area (Å²) < 4.78 is 29.4. The number of carbonyl (C=O) groups excluding carboxylic acids is 1. The zero-order valence-electron chi connectivity index (χ0n) is 19.3. The predicted octanol–water partition coefficient (Wildman–Crippen LogP) is 5.77. The second-order valence-corrected chi connectivity index (χ2v) is 11.6. The Kier molecular flexibility index (Phi) is 6.55. The van der Waals surface area contributed by atoms with Crippen LogP contribution in [0.3, 0.4) is 0 Å². The fourth-order valence-corrected chi connectivity index (χ4v) is 7.68. The smallest absolute Gasteiger partial charge is 0.269 e. The standard InChI is InChI=1S/C28H25IN2O3S/c1-20-18-30(19-21-10-4-2-5-11-21)22(17-27(20)32)16-25-24-14-8-9-15-26(24)31(28(25)29)35(33,34)23-12-6-3-7-13-23/h2-15,18,22H,16-17,19H2,1H3. The van der Waals surface area contributed by atoms with E-state index < -0.39 is 10.0 Å². The highest BCUT2D eigenvalue weighted by atomic mass is 127. The number of rotatable bonds is 6. The first-order chi connectivity index (χ1) is 16.9. The van der Waals surface area contributed by atoms with Crippen molar-refractivity contribution >= 4 is 49.3 Å². The van der Waals surface area contributed by atoms with Crippen LogP contribution in [0.1, 0.15) is 24.5 Å². The number of ketones is 1. The van der Waals surface area contributed by atoms with Crippen LogP contribution in [0.4, 0.5) is 0 Å². The van der Waals surface area contributed by atoms with Crippen LogP contribution in [0.25, 0.3) is 10.9 Å². The van der Waals surface area contributed by atoms with Gasteiger partial charge in [-0.2, -0.15) is 0 Å². The van der Waals surface area contributed by atoms with Crippen molar-refractivity contribution in [2.75, 3.05) is 0 Å². The fourth-order valence-electron chi connectivity index (χ4n) is 4.68. The van der Waals surface area contributed by atoms with Crippen molar-refractivity contribution in [3.63, 3.8) is 0 Å². The Morgan fingerprint density at radius 3 is 2.26 bits per heavy atom. The number of Topliss-reactive ketones (excluding diaryl/α,β-unsaturated/α-hetero) is 1. The predicted molar refractivity (Wildman–Crippen MR) is 147 cm³/mol. The molecule has 3 aromatic carbocycles. The van der Waals surface area contributed by atoms with E-state index in [9.17, 15) is 13.2 Å². The number of carbonyl (C=O) groups is 1. The summed E-state index contributed by atoms with van der Waals surface area (Å²) in [6.07, 6.45) is 2.92. The van der Waals surface area contributed by atoms with E-state index >= 15 is 0 Å². The van der Waals surface area contributed by atoms with Crippen molar-refractivity contribution in [3.8, 4) is 0 Å². The van der Waals surface area contributed by atoms with E-state index in [1.165, 1.54) is 9.54 Å². The lowest BCUT2D eigenvalue weighted by atomic mass is 9.93. The summed E-state index contributed by atoms with van der Waals surface area (Å²) >= 11 is 2.15. The maximum atomic E-state index is 13.7. The lowest BCUT2D eigenvalue weighted by Gasteiger charge is -2.34. The summed E-state index contributed by atoms with van der Waals surface area (Å²) in [5.41, 5.74) is 3.52. The van der Waals surface area contributed by atoms with Crippen LogP contribution in [-0.2, 0) is 27.8 Å². The van der Waals surface area contributed by atoms with Gasteiger partial charge in [-0.05, 0) is 65.3 Å². The molecule has 5 nitrogen and oxygen atoms in total. The molecule has 2 heterocycles. The Bertz CT molecular complexity index is 1530. The number of allylic oxidation sites excluding steroid dienone is 1. The molecule has 4 aromatic rings. The molecule has 1 aliphatic heterocycles. The first kappa shape index (κ1) is 23.8. The average molecular weight is 596 g/mol. The van der Waals surface area contributed by atoms with Gasteiger partial charge in [0.05, 0.1) is 14.1 Å². The van der Waals surface area contributed by atoms with Crippen LogP contribution in [0.5, 0.6) is 0 Å². The Morgan fingerprint density at radius 2 is 1.54 bits per heavy atom. The molecule has 1 aromatic heterocycles. The fraction of sp³-hybridized carbons (Fsp3) is 0.179. The molecule has 1 atom stereocenters. The van der Waals surface area contributed by atoms with Crippen LogP contribution >= 0.6 is 22.6 Å². The number of benzene rings is 3. The molecule has 7 heteroatoms. The minimum Gasteiger partial charge on any atom is -0.369 e. The normalized spacial score (nSPS) is 16.5. The van der Waals surface area contributed by atoms with Gasteiger partial charge in [0.1, 0.15) is 0 Å². The van der Waals surface area contributed by atoms with E-state index in [2.05, 4.69) is 39.6 Å². The summed E-state index contributed by atoms with van der Waals surface area (Å²) in [6, 6.07) is 26.2. The van der Waals surface area contributed by atoms with Crippen molar-refractivity contribution in [1.29, 1.82) is 0 Å². The van der Waals surface area contributed by atoms with Crippen molar-refractivity contribution in [2.45, 2.75) is 37.2 Å². The van der Waals surface area contributed by atoms with E-state index in [4.69, 9.17) is 0 Å². The lowest BCUT2D eigenvalue weighted by molar-refractivity contribution is -0.117. The zero-order chi connectivity index (χ0) is 24.6. The van der Waals surface area contributed by atoms with Gasteiger partial charge in [-0.3, -0.25) is 4.79 Å². The Hall–Kier alpha value is -2.91. The third-order valence-corrected chi connectivity index (χ3v) is 9.68. The molecule has 0 saturated heterocycles. The molecule has 178 valence electrons. The van der Waals surface area contributed by atoms with Crippen molar-refractivity contribution in [3.05, 3.63) is 112 Å². The number of hydrogen-bond donors (Lipinski definition) is 0. The van der Waals surface area contributed by atoms with E-state index in [1.54, 1.807) is 30.3 Å². The minimum absolute atomic E-state index is 0.0707. The largest absolute Gasteiger partial charge is 0.369 e. The number of fused-ring (bicyclic) bond motifs is 1. The van der Waals surface area contributed by atoms with Crippen LogP contribution in [0.15, 0.2) is 102 Å². The van der Waals surface area contributed by atoms with Gasteiger partial charge in [-0.25, -0.2) is 12.4 Å². The summed E-state index contributed by atoms with van der Waals surface area (Å²) in [5.74, 6) is 0.134. The molecule has 0 fully saturated rings. The molecule has 0 amide bonds. The van der Waals surface area contributed by atoms with Gasteiger partial charge in [-0.1, -0.05) is 66.7 Å². The molecule has 0 aliphatic carbocycles. The summed E-state index contributed by atoms with van der Waals surface area (Å²) in [7, 11) is -3.78. The molecular weight excluding hydrogens is 571 g/mol. The van der Waals surface area contributed by atoms with Gasteiger partial charge in [0.15, 0.2) is 5.78 Å². The number of aromatic nitrogens is 1.